The Kier molecular flexibility index (Phi) is 14.0. The Morgan fingerprint density at radius 3 is 2.16 bits per heavy atom. The van der Waals surface area contributed by atoms with Crippen LogP contribution in [-0.4, -0.2) is 92.2 Å². The van der Waals surface area contributed by atoms with Crippen LogP contribution >= 0.6 is 0 Å². The Labute approximate surface area is 268 Å². The number of hydrogen-bond acceptors (Lipinski definition) is 6. The van der Waals surface area contributed by atoms with Gasteiger partial charge < -0.3 is 30.3 Å². The maximum absolute atomic E-state index is 13.7. The third kappa shape index (κ3) is 12.0. The first kappa shape index (κ1) is 34.2. The van der Waals surface area contributed by atoms with Crippen molar-refractivity contribution in [3.05, 3.63) is 65.7 Å². The number of carbonyl (C=O) groups is 3. The Morgan fingerprint density at radius 2 is 1.49 bits per heavy atom. The molecule has 0 unspecified atom stereocenters. The lowest BCUT2D eigenvalue weighted by Crippen LogP contribution is -2.56. The lowest BCUT2D eigenvalue weighted by atomic mass is 10.0. The van der Waals surface area contributed by atoms with Gasteiger partial charge in [-0.2, -0.15) is 0 Å². The van der Waals surface area contributed by atoms with E-state index >= 15 is 0 Å². The standard InChI is InChI=1S/C35H51N5O5/c1-27(2)24-31(38-35(43)40-17-8-3-4-9-18-40)34(42)37-32(33(41)36-16-19-39-20-22-44-23-21-39)25-28-12-14-30(15-13-28)45-26-29-10-6-5-7-11-29/h5-7,10-15,27,31-32H,3-4,8-9,16-26H2,1-2H3,(H,36,41)(H,37,42)(H,38,43)/t31-,32-/m0/s1. The minimum atomic E-state index is -0.803. The second-order valence-corrected chi connectivity index (χ2v) is 12.5. The maximum atomic E-state index is 13.7. The molecule has 2 aliphatic heterocycles. The van der Waals surface area contributed by atoms with Gasteiger partial charge in [0.25, 0.3) is 0 Å². The van der Waals surface area contributed by atoms with E-state index in [4.69, 9.17) is 9.47 Å². The number of morpholine rings is 1. The SMILES string of the molecule is CC(C)C[C@H](NC(=O)N1CCCCCC1)C(=O)N[C@@H](Cc1ccc(OCc2ccccc2)cc1)C(=O)NCCN1CCOCC1. The second kappa shape index (κ2) is 18.4. The molecule has 2 heterocycles. The molecule has 246 valence electrons. The zero-order valence-electron chi connectivity index (χ0n) is 27.0. The number of carbonyl (C=O) groups excluding carboxylic acids is 3. The second-order valence-electron chi connectivity index (χ2n) is 12.5. The third-order valence-electron chi connectivity index (χ3n) is 8.29. The van der Waals surface area contributed by atoms with Crippen molar-refractivity contribution in [3.8, 4) is 5.75 Å². The molecule has 2 atom stereocenters. The Morgan fingerprint density at radius 1 is 0.800 bits per heavy atom. The van der Waals surface area contributed by atoms with Crippen molar-refractivity contribution < 1.29 is 23.9 Å². The number of nitrogens with one attached hydrogen (secondary N) is 3. The van der Waals surface area contributed by atoms with E-state index in [9.17, 15) is 14.4 Å². The molecule has 0 spiro atoms. The Hall–Kier alpha value is -3.63. The van der Waals surface area contributed by atoms with E-state index in [1.54, 1.807) is 0 Å². The van der Waals surface area contributed by atoms with E-state index in [1.807, 2.05) is 73.3 Å². The first-order chi connectivity index (χ1) is 21.9. The highest BCUT2D eigenvalue weighted by Crippen LogP contribution is 2.16. The van der Waals surface area contributed by atoms with E-state index in [0.717, 1.165) is 55.6 Å². The normalized spacial score (nSPS) is 17.2. The minimum absolute atomic E-state index is 0.175. The van der Waals surface area contributed by atoms with Crippen LogP contribution in [-0.2, 0) is 27.4 Å². The van der Waals surface area contributed by atoms with Crippen LogP contribution in [0.25, 0.3) is 0 Å². The molecule has 2 aromatic rings. The van der Waals surface area contributed by atoms with Gasteiger partial charge in [-0.3, -0.25) is 14.5 Å². The van der Waals surface area contributed by atoms with Crippen LogP contribution < -0.4 is 20.7 Å². The fraction of sp³-hybridized carbons (Fsp3) is 0.571. The largest absolute Gasteiger partial charge is 0.489 e. The van der Waals surface area contributed by atoms with E-state index < -0.39 is 12.1 Å². The molecule has 2 fully saturated rings. The topological polar surface area (TPSA) is 112 Å². The van der Waals surface area contributed by atoms with E-state index in [1.165, 1.54) is 0 Å². The summed E-state index contributed by atoms with van der Waals surface area (Å²) in [7, 11) is 0. The summed E-state index contributed by atoms with van der Waals surface area (Å²) in [4.78, 5) is 44.4. The lowest BCUT2D eigenvalue weighted by molar-refractivity contribution is -0.130. The Bertz CT molecular complexity index is 1180. The summed E-state index contributed by atoms with van der Waals surface area (Å²) in [5.74, 6) is 0.312. The lowest BCUT2D eigenvalue weighted by Gasteiger charge is -2.28. The fourth-order valence-electron chi connectivity index (χ4n) is 5.68. The van der Waals surface area contributed by atoms with Gasteiger partial charge in [0.15, 0.2) is 0 Å². The van der Waals surface area contributed by atoms with Crippen molar-refractivity contribution in [2.24, 2.45) is 5.92 Å². The summed E-state index contributed by atoms with van der Waals surface area (Å²) in [6, 6.07) is 15.8. The van der Waals surface area contributed by atoms with Crippen molar-refractivity contribution in [3.63, 3.8) is 0 Å². The van der Waals surface area contributed by atoms with Crippen molar-refractivity contribution in [2.75, 3.05) is 52.5 Å². The van der Waals surface area contributed by atoms with Crippen molar-refractivity contribution >= 4 is 17.8 Å². The molecule has 0 saturated carbocycles. The summed E-state index contributed by atoms with van der Waals surface area (Å²) in [6.45, 7) is 10.1. The molecule has 2 saturated heterocycles. The molecular formula is C35H51N5O5. The molecule has 4 rings (SSSR count). The number of rotatable bonds is 14. The molecule has 3 N–H and O–H groups in total. The zero-order valence-corrected chi connectivity index (χ0v) is 27.0. The molecule has 0 bridgehead atoms. The van der Waals surface area contributed by atoms with Gasteiger partial charge >= 0.3 is 6.03 Å². The third-order valence-corrected chi connectivity index (χ3v) is 8.29. The van der Waals surface area contributed by atoms with Crippen LogP contribution in [0.15, 0.2) is 54.6 Å². The molecule has 4 amide bonds. The van der Waals surface area contributed by atoms with Gasteiger partial charge in [-0.05, 0) is 48.4 Å². The molecule has 45 heavy (non-hydrogen) atoms. The highest BCUT2D eigenvalue weighted by atomic mass is 16.5. The summed E-state index contributed by atoms with van der Waals surface area (Å²) in [5.41, 5.74) is 1.97. The van der Waals surface area contributed by atoms with Crippen LogP contribution in [0.1, 0.15) is 57.1 Å². The molecule has 2 aliphatic rings. The maximum Gasteiger partial charge on any atom is 0.318 e. The van der Waals surface area contributed by atoms with Crippen LogP contribution in [0, 0.1) is 5.92 Å². The molecule has 10 nitrogen and oxygen atoms in total. The Balaban J connectivity index is 1.41. The van der Waals surface area contributed by atoms with Crippen LogP contribution in [0.2, 0.25) is 0 Å². The van der Waals surface area contributed by atoms with Crippen molar-refractivity contribution in [2.45, 2.75) is 71.1 Å². The number of hydrogen-bond donors (Lipinski definition) is 3. The highest BCUT2D eigenvalue weighted by Gasteiger charge is 2.29. The van der Waals surface area contributed by atoms with E-state index in [-0.39, 0.29) is 23.8 Å². The zero-order chi connectivity index (χ0) is 31.9. The van der Waals surface area contributed by atoms with Gasteiger partial charge in [-0.25, -0.2) is 4.79 Å². The van der Waals surface area contributed by atoms with Gasteiger partial charge in [0.1, 0.15) is 24.4 Å². The number of nitrogens with zero attached hydrogens (tertiary/aromatic N) is 2. The van der Waals surface area contributed by atoms with Crippen LogP contribution in [0.3, 0.4) is 0 Å². The van der Waals surface area contributed by atoms with Gasteiger partial charge in [0, 0.05) is 45.7 Å². The highest BCUT2D eigenvalue weighted by molar-refractivity contribution is 5.92. The summed E-state index contributed by atoms with van der Waals surface area (Å²) >= 11 is 0. The average Bonchev–Trinajstić information content (AvgIpc) is 3.34. The number of benzene rings is 2. The van der Waals surface area contributed by atoms with E-state index in [2.05, 4.69) is 20.9 Å². The number of amides is 4. The molecular weight excluding hydrogens is 570 g/mol. The molecule has 0 aromatic heterocycles. The molecule has 0 radical (unpaired) electrons. The molecule has 0 aliphatic carbocycles. The molecule has 10 heteroatoms. The van der Waals surface area contributed by atoms with E-state index in [0.29, 0.717) is 58.8 Å². The first-order valence-corrected chi connectivity index (χ1v) is 16.6. The van der Waals surface area contributed by atoms with Crippen LogP contribution in [0.4, 0.5) is 4.79 Å². The van der Waals surface area contributed by atoms with Gasteiger partial charge in [-0.1, -0.05) is 69.2 Å². The monoisotopic (exact) mass is 621 g/mol. The number of urea groups is 1. The van der Waals surface area contributed by atoms with Gasteiger partial charge in [-0.15, -0.1) is 0 Å². The van der Waals surface area contributed by atoms with Gasteiger partial charge in [0.05, 0.1) is 13.2 Å². The fourth-order valence-corrected chi connectivity index (χ4v) is 5.68. The van der Waals surface area contributed by atoms with Gasteiger partial charge in [0.2, 0.25) is 11.8 Å². The predicted molar refractivity (Wildman–Crippen MR) is 175 cm³/mol. The average molecular weight is 622 g/mol. The van der Waals surface area contributed by atoms with Crippen LogP contribution in [0.5, 0.6) is 5.75 Å². The summed E-state index contributed by atoms with van der Waals surface area (Å²) in [5, 5.41) is 9.00. The first-order valence-electron chi connectivity index (χ1n) is 16.6. The van der Waals surface area contributed by atoms with Crippen molar-refractivity contribution in [1.29, 1.82) is 0 Å². The molecule has 2 aromatic carbocycles. The minimum Gasteiger partial charge on any atom is -0.489 e. The summed E-state index contributed by atoms with van der Waals surface area (Å²) in [6.07, 6.45) is 4.95. The summed E-state index contributed by atoms with van der Waals surface area (Å²) < 4.78 is 11.4. The van der Waals surface area contributed by atoms with Crippen molar-refractivity contribution in [1.82, 2.24) is 25.8 Å². The number of ether oxygens (including phenoxy) is 2. The predicted octanol–water partition coefficient (Wildman–Crippen LogP) is 3.74. The number of likely N-dealkylation sites (tertiary alicyclic amines) is 1. The smallest absolute Gasteiger partial charge is 0.318 e. The quantitative estimate of drug-likeness (QED) is 0.297.